The van der Waals surface area contributed by atoms with Crippen molar-refractivity contribution in [2.24, 2.45) is 0 Å². The van der Waals surface area contributed by atoms with E-state index in [1.165, 1.54) is 16.9 Å². The summed E-state index contributed by atoms with van der Waals surface area (Å²) in [6, 6.07) is 12.5. The first-order chi connectivity index (χ1) is 9.88. The molecule has 102 valence electrons. The number of para-hydroxylation sites is 2. The minimum atomic E-state index is 0.960. The van der Waals surface area contributed by atoms with E-state index in [9.17, 15) is 0 Å². The van der Waals surface area contributed by atoms with Crippen LogP contribution in [0.2, 0.25) is 0 Å². The van der Waals surface area contributed by atoms with Gasteiger partial charge in [0.15, 0.2) is 0 Å². The molecule has 0 atom stereocenters. The summed E-state index contributed by atoms with van der Waals surface area (Å²) in [4.78, 5) is 8.94. The van der Waals surface area contributed by atoms with Gasteiger partial charge < -0.3 is 4.57 Å². The molecule has 2 aromatic heterocycles. The van der Waals surface area contributed by atoms with Gasteiger partial charge in [-0.1, -0.05) is 25.1 Å². The van der Waals surface area contributed by atoms with E-state index in [-0.39, 0.29) is 0 Å². The number of nitrogens with zero attached hydrogens (tertiary/aromatic N) is 3. The number of aromatic nitrogens is 3. The molecule has 3 nitrogen and oxygen atoms in total. The largest absolute Gasteiger partial charge is 0.328 e. The molecule has 0 saturated heterocycles. The lowest BCUT2D eigenvalue weighted by Crippen LogP contribution is -2.06. The quantitative estimate of drug-likeness (QED) is 0.705. The van der Waals surface area contributed by atoms with Crippen LogP contribution in [0.15, 0.2) is 48.8 Å². The lowest BCUT2D eigenvalue weighted by molar-refractivity contribution is 0.658. The number of pyridine rings is 1. The van der Waals surface area contributed by atoms with Gasteiger partial charge in [-0.15, -0.1) is 0 Å². The summed E-state index contributed by atoms with van der Waals surface area (Å²) in [6.07, 6.45) is 6.90. The SMILES string of the molecule is CCCc1nc2ccccc2n1CCc1cccnc1. The normalized spacial score (nSPS) is 11.1. The third kappa shape index (κ3) is 2.57. The van der Waals surface area contributed by atoms with Crippen LogP contribution in [-0.2, 0) is 19.4 Å². The summed E-state index contributed by atoms with van der Waals surface area (Å²) < 4.78 is 2.35. The van der Waals surface area contributed by atoms with Gasteiger partial charge in [-0.25, -0.2) is 4.98 Å². The van der Waals surface area contributed by atoms with Gasteiger partial charge in [-0.3, -0.25) is 4.98 Å². The highest BCUT2D eigenvalue weighted by Gasteiger charge is 2.09. The predicted molar refractivity (Wildman–Crippen MR) is 81.7 cm³/mol. The van der Waals surface area contributed by atoms with Crippen LogP contribution < -0.4 is 0 Å². The molecule has 0 aliphatic heterocycles. The van der Waals surface area contributed by atoms with Crippen molar-refractivity contribution < 1.29 is 0 Å². The maximum absolute atomic E-state index is 4.76. The lowest BCUT2D eigenvalue weighted by atomic mass is 10.2. The van der Waals surface area contributed by atoms with Crippen LogP contribution in [0.1, 0.15) is 24.7 Å². The van der Waals surface area contributed by atoms with Crippen molar-refractivity contribution in [3.63, 3.8) is 0 Å². The summed E-state index contributed by atoms with van der Waals surface area (Å²) in [7, 11) is 0. The molecule has 0 amide bonds. The Balaban J connectivity index is 1.90. The van der Waals surface area contributed by atoms with Crippen LogP contribution in [0.4, 0.5) is 0 Å². The highest BCUT2D eigenvalue weighted by Crippen LogP contribution is 2.18. The molecule has 0 spiro atoms. The number of aryl methyl sites for hydroxylation is 3. The van der Waals surface area contributed by atoms with Crippen LogP contribution in [0.25, 0.3) is 11.0 Å². The molecule has 0 fully saturated rings. The third-order valence-corrected chi connectivity index (χ3v) is 3.55. The van der Waals surface area contributed by atoms with Gasteiger partial charge in [0, 0.05) is 25.4 Å². The topological polar surface area (TPSA) is 30.7 Å². The van der Waals surface area contributed by atoms with Gasteiger partial charge in [0.05, 0.1) is 11.0 Å². The fraction of sp³-hybridized carbons (Fsp3) is 0.294. The molecule has 0 aliphatic carbocycles. The molecule has 0 radical (unpaired) electrons. The Labute approximate surface area is 119 Å². The van der Waals surface area contributed by atoms with E-state index in [0.717, 1.165) is 31.3 Å². The molecule has 3 aromatic rings. The van der Waals surface area contributed by atoms with E-state index < -0.39 is 0 Å². The number of benzene rings is 1. The average Bonchev–Trinajstić information content (AvgIpc) is 2.84. The molecule has 0 N–H and O–H groups in total. The fourth-order valence-corrected chi connectivity index (χ4v) is 2.58. The predicted octanol–water partition coefficient (Wildman–Crippen LogP) is 3.63. The molecule has 0 aliphatic rings. The van der Waals surface area contributed by atoms with E-state index in [0.29, 0.717) is 0 Å². The van der Waals surface area contributed by atoms with Crippen LogP contribution in [0, 0.1) is 0 Å². The maximum atomic E-state index is 4.76. The van der Waals surface area contributed by atoms with Crippen LogP contribution in [0.5, 0.6) is 0 Å². The first-order valence-corrected chi connectivity index (χ1v) is 7.21. The zero-order chi connectivity index (χ0) is 13.8. The standard InChI is InChI=1S/C17H19N3/c1-2-6-17-19-15-8-3-4-9-16(15)20(17)12-10-14-7-5-11-18-13-14/h3-5,7-9,11,13H,2,6,10,12H2,1H3. The molecule has 20 heavy (non-hydrogen) atoms. The van der Waals surface area contributed by atoms with Crippen molar-refractivity contribution in [2.75, 3.05) is 0 Å². The lowest BCUT2D eigenvalue weighted by Gasteiger charge is -2.08. The average molecular weight is 265 g/mol. The first-order valence-electron chi connectivity index (χ1n) is 7.21. The van der Waals surface area contributed by atoms with E-state index in [4.69, 9.17) is 4.98 Å². The second kappa shape index (κ2) is 5.87. The summed E-state index contributed by atoms with van der Waals surface area (Å²) in [5.41, 5.74) is 3.61. The van der Waals surface area contributed by atoms with E-state index in [1.807, 2.05) is 18.5 Å². The van der Waals surface area contributed by atoms with Gasteiger partial charge in [0.1, 0.15) is 5.82 Å². The maximum Gasteiger partial charge on any atom is 0.109 e. The van der Waals surface area contributed by atoms with Gasteiger partial charge in [0.2, 0.25) is 0 Å². The Morgan fingerprint density at radius 3 is 2.75 bits per heavy atom. The molecule has 3 rings (SSSR count). The highest BCUT2D eigenvalue weighted by molar-refractivity contribution is 5.75. The third-order valence-electron chi connectivity index (χ3n) is 3.55. The molecule has 3 heteroatoms. The van der Waals surface area contributed by atoms with Gasteiger partial charge in [-0.2, -0.15) is 0 Å². The molecule has 0 bridgehead atoms. The van der Waals surface area contributed by atoms with E-state index in [1.54, 1.807) is 0 Å². The van der Waals surface area contributed by atoms with Crippen LogP contribution in [0.3, 0.4) is 0 Å². The molecule has 2 heterocycles. The molecule has 0 unspecified atom stereocenters. The smallest absolute Gasteiger partial charge is 0.109 e. The number of hydrogen-bond donors (Lipinski definition) is 0. The molecular formula is C17H19N3. The second-order valence-corrected chi connectivity index (χ2v) is 5.03. The van der Waals surface area contributed by atoms with Gasteiger partial charge in [0.25, 0.3) is 0 Å². The van der Waals surface area contributed by atoms with Crippen LogP contribution >= 0.6 is 0 Å². The Bertz CT molecular complexity index is 686. The highest BCUT2D eigenvalue weighted by atomic mass is 15.1. The number of imidazole rings is 1. The minimum Gasteiger partial charge on any atom is -0.328 e. The van der Waals surface area contributed by atoms with Crippen molar-refractivity contribution in [3.05, 3.63) is 60.2 Å². The Kier molecular flexibility index (Phi) is 3.77. The summed E-state index contributed by atoms with van der Waals surface area (Å²) in [6.45, 7) is 3.16. The zero-order valence-electron chi connectivity index (χ0n) is 11.8. The Morgan fingerprint density at radius 2 is 1.95 bits per heavy atom. The van der Waals surface area contributed by atoms with Crippen molar-refractivity contribution >= 4 is 11.0 Å². The van der Waals surface area contributed by atoms with E-state index in [2.05, 4.69) is 46.8 Å². The molecule has 1 aromatic carbocycles. The molecular weight excluding hydrogens is 246 g/mol. The summed E-state index contributed by atoms with van der Waals surface area (Å²) in [5, 5.41) is 0. The second-order valence-electron chi connectivity index (χ2n) is 5.03. The monoisotopic (exact) mass is 265 g/mol. The number of hydrogen-bond acceptors (Lipinski definition) is 2. The number of rotatable bonds is 5. The van der Waals surface area contributed by atoms with Crippen molar-refractivity contribution in [1.29, 1.82) is 0 Å². The van der Waals surface area contributed by atoms with Gasteiger partial charge >= 0.3 is 0 Å². The van der Waals surface area contributed by atoms with Gasteiger partial charge in [-0.05, 0) is 36.6 Å². The first kappa shape index (κ1) is 12.9. The number of fused-ring (bicyclic) bond motifs is 1. The summed E-state index contributed by atoms with van der Waals surface area (Å²) in [5.74, 6) is 1.19. The van der Waals surface area contributed by atoms with E-state index >= 15 is 0 Å². The zero-order valence-corrected chi connectivity index (χ0v) is 11.8. The Morgan fingerprint density at radius 1 is 1.05 bits per heavy atom. The Hall–Kier alpha value is -2.16. The van der Waals surface area contributed by atoms with Crippen molar-refractivity contribution in [2.45, 2.75) is 32.7 Å². The van der Waals surface area contributed by atoms with Crippen molar-refractivity contribution in [3.8, 4) is 0 Å². The summed E-state index contributed by atoms with van der Waals surface area (Å²) >= 11 is 0. The van der Waals surface area contributed by atoms with Crippen molar-refractivity contribution in [1.82, 2.24) is 14.5 Å². The molecule has 0 saturated carbocycles. The van der Waals surface area contributed by atoms with Crippen LogP contribution in [-0.4, -0.2) is 14.5 Å². The fourth-order valence-electron chi connectivity index (χ4n) is 2.58. The minimum absolute atomic E-state index is 0.960.